The highest BCUT2D eigenvalue weighted by molar-refractivity contribution is 7.99. The van der Waals surface area contributed by atoms with Crippen LogP contribution in [0.1, 0.15) is 33.6 Å². The molecule has 6 nitrogen and oxygen atoms in total. The summed E-state index contributed by atoms with van der Waals surface area (Å²) in [6.45, 7) is 8.28. The van der Waals surface area contributed by atoms with Gasteiger partial charge in [-0.25, -0.2) is 0 Å². The number of nitrogens with zero attached hydrogens (tertiary/aromatic N) is 4. The Morgan fingerprint density at radius 1 is 1.45 bits per heavy atom. The highest BCUT2D eigenvalue weighted by Gasteiger charge is 2.27. The smallest absolute Gasteiger partial charge is 0.313 e. The first-order valence-corrected chi connectivity index (χ1v) is 8.05. The van der Waals surface area contributed by atoms with E-state index < -0.39 is 5.97 Å². The maximum Gasteiger partial charge on any atom is 0.313 e. The molecule has 2 rings (SSSR count). The van der Waals surface area contributed by atoms with Crippen LogP contribution in [0.3, 0.4) is 0 Å². The van der Waals surface area contributed by atoms with Gasteiger partial charge in [-0.05, 0) is 32.6 Å². The van der Waals surface area contributed by atoms with Crippen LogP contribution in [0.4, 0.5) is 5.95 Å². The summed E-state index contributed by atoms with van der Waals surface area (Å²) in [5.41, 5.74) is 0. The zero-order chi connectivity index (χ0) is 14.7. The van der Waals surface area contributed by atoms with E-state index in [0.717, 1.165) is 31.4 Å². The van der Waals surface area contributed by atoms with Gasteiger partial charge in [0.2, 0.25) is 5.95 Å². The monoisotopic (exact) mass is 298 g/mol. The van der Waals surface area contributed by atoms with Gasteiger partial charge in [0, 0.05) is 19.1 Å². The molecule has 2 heterocycles. The first-order chi connectivity index (χ1) is 9.52. The molecule has 7 heteroatoms. The van der Waals surface area contributed by atoms with Crippen molar-refractivity contribution in [3.63, 3.8) is 0 Å². The van der Waals surface area contributed by atoms with Gasteiger partial charge >= 0.3 is 5.97 Å². The van der Waals surface area contributed by atoms with Gasteiger partial charge in [-0.15, -0.1) is 10.2 Å². The van der Waals surface area contributed by atoms with Crippen LogP contribution in [0.2, 0.25) is 0 Å². The molecule has 1 saturated heterocycles. The molecule has 20 heavy (non-hydrogen) atoms. The number of anilines is 1. The van der Waals surface area contributed by atoms with Gasteiger partial charge in [0.15, 0.2) is 5.16 Å². The molecule has 2 unspecified atom stereocenters. The molecular formula is C13H22N4O2S. The minimum atomic E-state index is -0.831. The van der Waals surface area contributed by atoms with Crippen LogP contribution in [-0.2, 0) is 11.3 Å². The predicted octanol–water partition coefficient (Wildman–Crippen LogP) is 2.10. The Kier molecular flexibility index (Phi) is 4.91. The second-order valence-corrected chi connectivity index (χ2v) is 6.32. The molecule has 1 aromatic heterocycles. The second kappa shape index (κ2) is 6.47. The van der Waals surface area contributed by atoms with E-state index in [1.807, 2.05) is 11.5 Å². The summed E-state index contributed by atoms with van der Waals surface area (Å²) in [4.78, 5) is 13.0. The Balaban J connectivity index is 2.17. The Labute approximate surface area is 123 Å². The average Bonchev–Trinajstić information content (AvgIpc) is 2.79. The molecule has 0 radical (unpaired) electrons. The minimum Gasteiger partial charge on any atom is -0.481 e. The number of carbonyl (C=O) groups is 1. The quantitative estimate of drug-likeness (QED) is 0.839. The molecule has 0 bridgehead atoms. The normalized spacial score (nSPS) is 23.1. The summed E-state index contributed by atoms with van der Waals surface area (Å²) in [5, 5.41) is 17.9. The Hall–Kier alpha value is -1.24. The molecule has 1 aliphatic heterocycles. The predicted molar refractivity (Wildman–Crippen MR) is 79.3 cm³/mol. The molecule has 1 N–H and O–H groups in total. The number of aromatic nitrogens is 3. The number of piperidine rings is 1. The first-order valence-electron chi connectivity index (χ1n) is 7.07. The summed E-state index contributed by atoms with van der Waals surface area (Å²) >= 11 is 1.23. The van der Waals surface area contributed by atoms with E-state index in [4.69, 9.17) is 5.11 Å². The van der Waals surface area contributed by atoms with Crippen LogP contribution < -0.4 is 4.90 Å². The van der Waals surface area contributed by atoms with Crippen molar-refractivity contribution in [3.8, 4) is 0 Å². The maximum absolute atomic E-state index is 10.7. The third-order valence-corrected chi connectivity index (χ3v) is 4.69. The average molecular weight is 298 g/mol. The topological polar surface area (TPSA) is 71.2 Å². The molecule has 1 fully saturated rings. The van der Waals surface area contributed by atoms with E-state index in [9.17, 15) is 4.79 Å². The number of carboxylic acid groups (broad SMARTS) is 1. The number of carboxylic acids is 1. The van der Waals surface area contributed by atoms with Gasteiger partial charge in [-0.1, -0.05) is 18.7 Å². The van der Waals surface area contributed by atoms with Crippen LogP contribution in [-0.4, -0.2) is 44.2 Å². The van der Waals surface area contributed by atoms with Gasteiger partial charge < -0.3 is 10.0 Å². The van der Waals surface area contributed by atoms with E-state index in [2.05, 4.69) is 28.9 Å². The Bertz CT molecular complexity index is 477. The van der Waals surface area contributed by atoms with Crippen molar-refractivity contribution in [1.29, 1.82) is 0 Å². The minimum absolute atomic E-state index is 0.0186. The van der Waals surface area contributed by atoms with Crippen molar-refractivity contribution in [2.45, 2.75) is 51.4 Å². The van der Waals surface area contributed by atoms with E-state index in [0.29, 0.717) is 11.2 Å². The van der Waals surface area contributed by atoms with Crippen LogP contribution in [0, 0.1) is 5.92 Å². The molecule has 0 amide bonds. The van der Waals surface area contributed by atoms with Crippen LogP contribution in [0.25, 0.3) is 0 Å². The molecule has 1 aromatic rings. The molecular weight excluding hydrogens is 276 g/mol. The molecule has 0 aromatic carbocycles. The van der Waals surface area contributed by atoms with E-state index >= 15 is 0 Å². The number of hydrogen-bond acceptors (Lipinski definition) is 5. The van der Waals surface area contributed by atoms with Gasteiger partial charge in [-0.2, -0.15) is 0 Å². The number of thioether (sulfide) groups is 1. The lowest BCUT2D eigenvalue weighted by Gasteiger charge is -2.37. The lowest BCUT2D eigenvalue weighted by Crippen LogP contribution is -2.41. The fourth-order valence-electron chi connectivity index (χ4n) is 2.71. The molecule has 0 spiro atoms. The van der Waals surface area contributed by atoms with Crippen LogP contribution >= 0.6 is 11.8 Å². The third-order valence-electron chi connectivity index (χ3n) is 3.73. The molecule has 112 valence electrons. The largest absolute Gasteiger partial charge is 0.481 e. The van der Waals surface area contributed by atoms with E-state index in [1.54, 1.807) is 0 Å². The van der Waals surface area contributed by atoms with Crippen LogP contribution in [0.15, 0.2) is 5.16 Å². The van der Waals surface area contributed by atoms with Gasteiger partial charge in [0.1, 0.15) is 0 Å². The SMILES string of the molecule is CCn1c(SCC(=O)O)nnc1N1CCC(C)CC1C. The van der Waals surface area contributed by atoms with E-state index in [-0.39, 0.29) is 5.75 Å². The summed E-state index contributed by atoms with van der Waals surface area (Å²) in [6, 6.07) is 0.450. The van der Waals surface area contributed by atoms with Gasteiger partial charge in [0.25, 0.3) is 0 Å². The molecule has 2 atom stereocenters. The Morgan fingerprint density at radius 2 is 2.20 bits per heavy atom. The summed E-state index contributed by atoms with van der Waals surface area (Å²) in [7, 11) is 0. The van der Waals surface area contributed by atoms with Crippen molar-refractivity contribution in [2.24, 2.45) is 5.92 Å². The van der Waals surface area contributed by atoms with Crippen LogP contribution in [0.5, 0.6) is 0 Å². The number of hydrogen-bond donors (Lipinski definition) is 1. The van der Waals surface area contributed by atoms with Gasteiger partial charge in [-0.3, -0.25) is 9.36 Å². The highest BCUT2D eigenvalue weighted by atomic mass is 32.2. The maximum atomic E-state index is 10.7. The van der Waals surface area contributed by atoms with Crippen molar-refractivity contribution in [3.05, 3.63) is 0 Å². The Morgan fingerprint density at radius 3 is 2.80 bits per heavy atom. The fourth-order valence-corrected chi connectivity index (χ4v) is 3.43. The zero-order valence-corrected chi connectivity index (χ0v) is 13.1. The lowest BCUT2D eigenvalue weighted by molar-refractivity contribution is -0.133. The van der Waals surface area contributed by atoms with Crippen molar-refractivity contribution in [2.75, 3.05) is 17.2 Å². The second-order valence-electron chi connectivity index (χ2n) is 5.38. The van der Waals surface area contributed by atoms with Crippen molar-refractivity contribution < 1.29 is 9.90 Å². The van der Waals surface area contributed by atoms with Crippen molar-refractivity contribution in [1.82, 2.24) is 14.8 Å². The lowest BCUT2D eigenvalue weighted by atomic mass is 9.94. The summed E-state index contributed by atoms with van der Waals surface area (Å²) in [5.74, 6) is 0.812. The van der Waals surface area contributed by atoms with Gasteiger partial charge in [0.05, 0.1) is 5.75 Å². The fraction of sp³-hybridized carbons (Fsp3) is 0.769. The standard InChI is InChI=1S/C13H22N4O2S/c1-4-16-12(14-15-13(16)20-8-11(18)19)17-6-5-9(2)7-10(17)3/h9-10H,4-8H2,1-3H3,(H,18,19). The summed E-state index contributed by atoms with van der Waals surface area (Å²) in [6.07, 6.45) is 2.33. The molecule has 0 saturated carbocycles. The number of aliphatic carboxylic acids is 1. The number of rotatable bonds is 5. The van der Waals surface area contributed by atoms with E-state index in [1.165, 1.54) is 18.2 Å². The zero-order valence-electron chi connectivity index (χ0n) is 12.2. The highest BCUT2D eigenvalue weighted by Crippen LogP contribution is 2.29. The molecule has 1 aliphatic rings. The first kappa shape index (κ1) is 15.2. The summed E-state index contributed by atoms with van der Waals surface area (Å²) < 4.78 is 2.01. The molecule has 0 aliphatic carbocycles. The van der Waals surface area contributed by atoms with Crippen molar-refractivity contribution >= 4 is 23.7 Å². The third kappa shape index (κ3) is 3.26.